The number of amides is 1. The van der Waals surface area contributed by atoms with Crippen molar-refractivity contribution in [1.82, 2.24) is 14.8 Å². The second-order valence-corrected chi connectivity index (χ2v) is 8.07. The molecule has 1 aromatic heterocycles. The lowest BCUT2D eigenvalue weighted by atomic mass is 9.86. The number of Topliss-reactive ketones (excluding diaryl/α,β-unsaturated/α-hetero) is 2. The minimum atomic E-state index is -1.10. The van der Waals surface area contributed by atoms with Crippen molar-refractivity contribution in [2.75, 3.05) is 46.5 Å². The Kier molecular flexibility index (Phi) is 6.62. The van der Waals surface area contributed by atoms with Crippen molar-refractivity contribution in [2.24, 2.45) is 5.92 Å². The van der Waals surface area contributed by atoms with Gasteiger partial charge in [-0.05, 0) is 48.4 Å². The Balaban J connectivity index is 1.65. The average Bonchev–Trinajstić information content (AvgIpc) is 3.08. The summed E-state index contributed by atoms with van der Waals surface area (Å²) < 4.78 is 10.7. The number of ether oxygens (including phenoxy) is 2. The highest BCUT2D eigenvalue weighted by molar-refractivity contribution is 6.44. The first-order valence-electron chi connectivity index (χ1n) is 10.7. The molecule has 1 amide bonds. The van der Waals surface area contributed by atoms with E-state index < -0.39 is 23.7 Å². The summed E-state index contributed by atoms with van der Waals surface area (Å²) in [4.78, 5) is 47.4. The number of pyridine rings is 1. The van der Waals surface area contributed by atoms with Gasteiger partial charge in [-0.25, -0.2) is 0 Å². The number of aryl methyl sites for hydroxylation is 1. The zero-order chi connectivity index (χ0) is 22.7. The Bertz CT molecular complexity index is 1000. The van der Waals surface area contributed by atoms with Crippen LogP contribution < -0.4 is 4.74 Å². The van der Waals surface area contributed by atoms with Gasteiger partial charge in [0.05, 0.1) is 26.4 Å². The zero-order valence-corrected chi connectivity index (χ0v) is 18.3. The fourth-order valence-electron chi connectivity index (χ4n) is 4.45. The summed E-state index contributed by atoms with van der Waals surface area (Å²) in [5.74, 6) is -2.06. The van der Waals surface area contributed by atoms with E-state index in [4.69, 9.17) is 9.47 Å². The number of rotatable bonds is 7. The van der Waals surface area contributed by atoms with Crippen LogP contribution in [0.1, 0.15) is 27.5 Å². The largest absolute Gasteiger partial charge is 0.496 e. The number of morpholine rings is 1. The third-order valence-corrected chi connectivity index (χ3v) is 6.18. The van der Waals surface area contributed by atoms with E-state index in [0.717, 1.165) is 24.2 Å². The number of methoxy groups -OCH3 is 1. The van der Waals surface area contributed by atoms with Crippen LogP contribution in [0.15, 0.2) is 42.7 Å². The van der Waals surface area contributed by atoms with Crippen LogP contribution in [0.25, 0.3) is 0 Å². The highest BCUT2D eigenvalue weighted by Gasteiger charge is 2.51. The molecule has 2 aliphatic heterocycles. The summed E-state index contributed by atoms with van der Waals surface area (Å²) in [6, 6.07) is 7.93. The summed E-state index contributed by atoms with van der Waals surface area (Å²) in [5, 5.41) is 0. The van der Waals surface area contributed by atoms with Crippen LogP contribution >= 0.6 is 0 Å². The lowest BCUT2D eigenvalue weighted by Crippen LogP contribution is -2.42. The van der Waals surface area contributed by atoms with E-state index in [2.05, 4.69) is 9.88 Å². The van der Waals surface area contributed by atoms with Crippen molar-refractivity contribution in [3.8, 4) is 5.75 Å². The molecule has 8 nitrogen and oxygen atoms in total. The standard InChI is InChI=1S/C24H27N3O5/c1-16-15-18(3-4-19(16)31-2)22(28)20-21(17-5-7-25-8-6-17)27(24(30)23(20)29)10-9-26-11-13-32-14-12-26/h3-8,15,20-21H,9-14H2,1-2H3. The predicted molar refractivity (Wildman–Crippen MR) is 117 cm³/mol. The molecule has 0 aliphatic carbocycles. The van der Waals surface area contributed by atoms with Gasteiger partial charge in [0.15, 0.2) is 5.78 Å². The average molecular weight is 437 g/mol. The van der Waals surface area contributed by atoms with Crippen LogP contribution in [-0.2, 0) is 14.3 Å². The molecular weight excluding hydrogens is 410 g/mol. The first kappa shape index (κ1) is 22.1. The van der Waals surface area contributed by atoms with Crippen LogP contribution in [0.5, 0.6) is 5.75 Å². The molecule has 0 spiro atoms. The van der Waals surface area contributed by atoms with Crippen molar-refractivity contribution in [3.05, 3.63) is 59.4 Å². The van der Waals surface area contributed by atoms with Crippen LogP contribution in [0.4, 0.5) is 0 Å². The molecule has 4 rings (SSSR count). The molecule has 1 aromatic carbocycles. The van der Waals surface area contributed by atoms with E-state index in [9.17, 15) is 14.4 Å². The van der Waals surface area contributed by atoms with Gasteiger partial charge in [-0.15, -0.1) is 0 Å². The lowest BCUT2D eigenvalue weighted by molar-refractivity contribution is -0.141. The Morgan fingerprint density at radius 2 is 1.84 bits per heavy atom. The number of carbonyl (C=O) groups excluding carboxylic acids is 3. The monoisotopic (exact) mass is 437 g/mol. The molecule has 2 aromatic rings. The molecule has 3 heterocycles. The van der Waals surface area contributed by atoms with Crippen LogP contribution in [0.3, 0.4) is 0 Å². The molecule has 0 radical (unpaired) electrons. The summed E-state index contributed by atoms with van der Waals surface area (Å²) >= 11 is 0. The molecule has 2 fully saturated rings. The number of likely N-dealkylation sites (tertiary alicyclic amines) is 1. The Morgan fingerprint density at radius 3 is 2.50 bits per heavy atom. The zero-order valence-electron chi connectivity index (χ0n) is 18.3. The normalized spacial score (nSPS) is 21.8. The van der Waals surface area contributed by atoms with E-state index >= 15 is 0 Å². The third-order valence-electron chi connectivity index (χ3n) is 6.18. The molecule has 168 valence electrons. The summed E-state index contributed by atoms with van der Waals surface area (Å²) in [6.45, 7) is 5.69. The maximum Gasteiger partial charge on any atom is 0.291 e. The highest BCUT2D eigenvalue weighted by Crippen LogP contribution is 2.38. The van der Waals surface area contributed by atoms with E-state index in [-0.39, 0.29) is 5.78 Å². The number of hydrogen-bond donors (Lipinski definition) is 0. The van der Waals surface area contributed by atoms with Gasteiger partial charge < -0.3 is 14.4 Å². The van der Waals surface area contributed by atoms with Crippen molar-refractivity contribution in [1.29, 1.82) is 0 Å². The van der Waals surface area contributed by atoms with Crippen molar-refractivity contribution in [2.45, 2.75) is 13.0 Å². The van der Waals surface area contributed by atoms with E-state index in [1.807, 2.05) is 6.92 Å². The maximum atomic E-state index is 13.5. The Morgan fingerprint density at radius 1 is 1.12 bits per heavy atom. The van der Waals surface area contributed by atoms with Crippen molar-refractivity contribution < 1.29 is 23.9 Å². The first-order valence-corrected chi connectivity index (χ1v) is 10.7. The fraction of sp³-hybridized carbons (Fsp3) is 0.417. The van der Waals surface area contributed by atoms with Crippen molar-refractivity contribution >= 4 is 17.5 Å². The smallest absolute Gasteiger partial charge is 0.291 e. The first-order chi connectivity index (χ1) is 15.5. The van der Waals surface area contributed by atoms with Crippen LogP contribution in [-0.4, -0.2) is 78.8 Å². The minimum Gasteiger partial charge on any atom is -0.496 e. The lowest BCUT2D eigenvalue weighted by Gasteiger charge is -2.31. The molecule has 0 bridgehead atoms. The number of benzene rings is 1. The van der Waals surface area contributed by atoms with E-state index in [1.165, 1.54) is 0 Å². The molecular formula is C24H27N3O5. The second kappa shape index (κ2) is 9.58. The van der Waals surface area contributed by atoms with Gasteiger partial charge in [-0.2, -0.15) is 0 Å². The van der Waals surface area contributed by atoms with E-state index in [0.29, 0.717) is 37.6 Å². The molecule has 0 N–H and O–H groups in total. The van der Waals surface area contributed by atoms with Gasteiger partial charge >= 0.3 is 0 Å². The quantitative estimate of drug-likeness (QED) is 0.370. The number of carbonyl (C=O) groups is 3. The Hall–Kier alpha value is -3.10. The number of hydrogen-bond acceptors (Lipinski definition) is 7. The Labute approximate surface area is 187 Å². The van der Waals surface area contributed by atoms with Gasteiger partial charge in [-0.3, -0.25) is 24.3 Å². The fourth-order valence-corrected chi connectivity index (χ4v) is 4.45. The maximum absolute atomic E-state index is 13.5. The van der Waals surface area contributed by atoms with Crippen molar-refractivity contribution in [3.63, 3.8) is 0 Å². The van der Waals surface area contributed by atoms with Crippen LogP contribution in [0, 0.1) is 12.8 Å². The highest BCUT2D eigenvalue weighted by atomic mass is 16.5. The van der Waals surface area contributed by atoms with Crippen LogP contribution in [0.2, 0.25) is 0 Å². The second-order valence-electron chi connectivity index (χ2n) is 8.07. The minimum absolute atomic E-state index is 0.357. The number of nitrogens with zero attached hydrogens (tertiary/aromatic N) is 3. The summed E-state index contributed by atoms with van der Waals surface area (Å²) in [6.07, 6.45) is 3.23. The molecule has 32 heavy (non-hydrogen) atoms. The van der Waals surface area contributed by atoms with Gasteiger partial charge in [0.2, 0.25) is 5.78 Å². The molecule has 2 atom stereocenters. The van der Waals surface area contributed by atoms with Gasteiger partial charge in [0.25, 0.3) is 5.91 Å². The van der Waals surface area contributed by atoms with Gasteiger partial charge in [-0.1, -0.05) is 0 Å². The van der Waals surface area contributed by atoms with E-state index in [1.54, 1.807) is 54.7 Å². The summed E-state index contributed by atoms with van der Waals surface area (Å²) in [7, 11) is 1.56. The molecule has 2 saturated heterocycles. The van der Waals surface area contributed by atoms with Gasteiger partial charge in [0, 0.05) is 44.1 Å². The molecule has 8 heteroatoms. The van der Waals surface area contributed by atoms with Gasteiger partial charge in [0.1, 0.15) is 11.7 Å². The third kappa shape index (κ3) is 4.28. The summed E-state index contributed by atoms with van der Waals surface area (Å²) in [5.41, 5.74) is 1.91. The number of ketones is 2. The topological polar surface area (TPSA) is 89.0 Å². The SMILES string of the molecule is COc1ccc(C(=O)C2C(=O)C(=O)N(CCN3CCOCC3)C2c2ccncc2)cc1C. The predicted octanol–water partition coefficient (Wildman–Crippen LogP) is 1.68. The number of aromatic nitrogens is 1. The molecule has 2 unspecified atom stereocenters. The molecule has 2 aliphatic rings. The molecule has 0 saturated carbocycles.